The van der Waals surface area contributed by atoms with Crippen LogP contribution in [0.4, 0.5) is 0 Å². The Kier molecular flexibility index (Phi) is 6.21. The average molecular weight is 252 g/mol. The third kappa shape index (κ3) is 4.59. The van der Waals surface area contributed by atoms with Crippen molar-refractivity contribution in [3.05, 3.63) is 0 Å². The van der Waals surface area contributed by atoms with Crippen LogP contribution < -0.4 is 0 Å². The van der Waals surface area contributed by atoms with Crippen LogP contribution in [-0.2, 0) is 0 Å². The monoisotopic (exact) mass is 252 g/mol. The number of hydrogen-bond acceptors (Lipinski definition) is 0. The minimum absolute atomic E-state index is 0.516. The molecule has 0 bridgehead atoms. The molecule has 108 valence electrons. The predicted molar refractivity (Wildman–Crippen MR) is 82.8 cm³/mol. The van der Waals surface area contributed by atoms with Gasteiger partial charge in [-0.15, -0.1) is 0 Å². The highest BCUT2D eigenvalue weighted by Gasteiger charge is 2.38. The highest BCUT2D eigenvalue weighted by atomic mass is 14.4. The smallest absolute Gasteiger partial charge is 0.0334 e. The molecule has 0 aliphatic heterocycles. The summed E-state index contributed by atoms with van der Waals surface area (Å²) >= 11 is 0. The molecule has 4 atom stereocenters. The summed E-state index contributed by atoms with van der Waals surface area (Å²) in [5.41, 5.74) is 0.516. The molecule has 0 heterocycles. The summed E-state index contributed by atoms with van der Waals surface area (Å²) in [6.45, 7) is 14.6. The molecule has 0 aromatic rings. The van der Waals surface area contributed by atoms with Gasteiger partial charge in [0.15, 0.2) is 0 Å². The molecule has 0 saturated heterocycles. The highest BCUT2D eigenvalue weighted by molar-refractivity contribution is 4.88. The van der Waals surface area contributed by atoms with Crippen molar-refractivity contribution < 1.29 is 0 Å². The van der Waals surface area contributed by atoms with Crippen molar-refractivity contribution >= 4 is 0 Å². The van der Waals surface area contributed by atoms with E-state index >= 15 is 0 Å². The van der Waals surface area contributed by atoms with Gasteiger partial charge in [0.1, 0.15) is 0 Å². The molecule has 0 N–H and O–H groups in total. The van der Waals surface area contributed by atoms with Crippen LogP contribution in [0.2, 0.25) is 0 Å². The van der Waals surface area contributed by atoms with Gasteiger partial charge in [0.25, 0.3) is 0 Å². The van der Waals surface area contributed by atoms with Gasteiger partial charge in [-0.25, -0.2) is 0 Å². The van der Waals surface area contributed by atoms with E-state index in [9.17, 15) is 0 Å². The highest BCUT2D eigenvalue weighted by Crippen LogP contribution is 2.47. The Morgan fingerprint density at radius 2 is 1.78 bits per heavy atom. The van der Waals surface area contributed by atoms with E-state index in [1.807, 2.05) is 0 Å². The van der Waals surface area contributed by atoms with E-state index in [1.54, 1.807) is 0 Å². The summed E-state index contributed by atoms with van der Waals surface area (Å²) < 4.78 is 0. The fraction of sp³-hybridized carbons (Fsp3) is 1.00. The second kappa shape index (κ2) is 6.96. The van der Waals surface area contributed by atoms with Gasteiger partial charge < -0.3 is 0 Å². The van der Waals surface area contributed by atoms with Crippen molar-refractivity contribution in [2.75, 3.05) is 0 Å². The first-order valence-electron chi connectivity index (χ1n) is 8.36. The van der Waals surface area contributed by atoms with Gasteiger partial charge in [-0.2, -0.15) is 0 Å². The van der Waals surface area contributed by atoms with Crippen LogP contribution in [-0.4, -0.2) is 0 Å². The molecule has 1 fully saturated rings. The summed E-state index contributed by atoms with van der Waals surface area (Å²) in [6.07, 6.45) is 10.1. The standard InChI is InChI=1S/C18H36/c1-7-8-10-14(2)13-15(3)16-11-9-12-17(16)18(4,5)6/h14-17H,7-13H2,1-6H3. The lowest BCUT2D eigenvalue weighted by atomic mass is 9.69. The Balaban J connectivity index is 2.47. The first kappa shape index (κ1) is 16.1. The van der Waals surface area contributed by atoms with E-state index in [1.165, 1.54) is 44.9 Å². The molecule has 4 unspecified atom stereocenters. The molecule has 0 aromatic carbocycles. The van der Waals surface area contributed by atoms with Gasteiger partial charge >= 0.3 is 0 Å². The van der Waals surface area contributed by atoms with Gasteiger partial charge in [0.2, 0.25) is 0 Å². The molecule has 0 aromatic heterocycles. The molecule has 1 saturated carbocycles. The minimum atomic E-state index is 0.516. The first-order valence-corrected chi connectivity index (χ1v) is 8.36. The van der Waals surface area contributed by atoms with Gasteiger partial charge in [-0.05, 0) is 48.3 Å². The van der Waals surface area contributed by atoms with Crippen LogP contribution in [0.3, 0.4) is 0 Å². The quantitative estimate of drug-likeness (QED) is 0.520. The Hall–Kier alpha value is 0. The molecular formula is C18H36. The van der Waals surface area contributed by atoms with Crippen molar-refractivity contribution in [2.24, 2.45) is 29.1 Å². The molecule has 18 heavy (non-hydrogen) atoms. The van der Waals surface area contributed by atoms with E-state index in [-0.39, 0.29) is 0 Å². The second-order valence-corrected chi connectivity index (χ2v) is 8.03. The maximum atomic E-state index is 2.52. The molecule has 0 heteroatoms. The van der Waals surface area contributed by atoms with Crippen LogP contribution in [0.15, 0.2) is 0 Å². The molecule has 1 aliphatic carbocycles. The molecular weight excluding hydrogens is 216 g/mol. The Morgan fingerprint density at radius 3 is 2.33 bits per heavy atom. The Bertz CT molecular complexity index is 223. The third-order valence-corrected chi connectivity index (χ3v) is 5.24. The van der Waals surface area contributed by atoms with Crippen molar-refractivity contribution in [3.63, 3.8) is 0 Å². The van der Waals surface area contributed by atoms with Crippen molar-refractivity contribution in [1.82, 2.24) is 0 Å². The lowest BCUT2D eigenvalue weighted by Gasteiger charge is -2.36. The van der Waals surface area contributed by atoms with E-state index < -0.39 is 0 Å². The van der Waals surface area contributed by atoms with Gasteiger partial charge in [-0.1, -0.05) is 67.2 Å². The topological polar surface area (TPSA) is 0 Å². The van der Waals surface area contributed by atoms with E-state index in [2.05, 4.69) is 41.5 Å². The molecule has 0 radical (unpaired) electrons. The fourth-order valence-corrected chi connectivity index (χ4v) is 4.22. The Morgan fingerprint density at radius 1 is 1.11 bits per heavy atom. The number of rotatable bonds is 6. The normalized spacial score (nSPS) is 28.3. The van der Waals surface area contributed by atoms with Gasteiger partial charge in [0.05, 0.1) is 0 Å². The summed E-state index contributed by atoms with van der Waals surface area (Å²) in [7, 11) is 0. The summed E-state index contributed by atoms with van der Waals surface area (Å²) in [5.74, 6) is 3.82. The molecule has 1 rings (SSSR count). The van der Waals surface area contributed by atoms with Crippen LogP contribution >= 0.6 is 0 Å². The summed E-state index contributed by atoms with van der Waals surface area (Å²) in [4.78, 5) is 0. The van der Waals surface area contributed by atoms with Crippen LogP contribution in [0.1, 0.15) is 86.5 Å². The van der Waals surface area contributed by atoms with Crippen LogP contribution in [0.5, 0.6) is 0 Å². The van der Waals surface area contributed by atoms with Gasteiger partial charge in [0, 0.05) is 0 Å². The maximum absolute atomic E-state index is 2.52. The van der Waals surface area contributed by atoms with Crippen LogP contribution in [0, 0.1) is 29.1 Å². The second-order valence-electron chi connectivity index (χ2n) is 8.03. The average Bonchev–Trinajstić information content (AvgIpc) is 2.74. The zero-order chi connectivity index (χ0) is 13.8. The number of unbranched alkanes of at least 4 members (excludes halogenated alkanes) is 1. The molecule has 0 amide bonds. The minimum Gasteiger partial charge on any atom is -0.0654 e. The molecule has 0 nitrogen and oxygen atoms in total. The van der Waals surface area contributed by atoms with E-state index in [0.29, 0.717) is 5.41 Å². The van der Waals surface area contributed by atoms with Crippen molar-refractivity contribution in [3.8, 4) is 0 Å². The summed E-state index contributed by atoms with van der Waals surface area (Å²) in [5, 5.41) is 0. The lowest BCUT2D eigenvalue weighted by molar-refractivity contribution is 0.132. The van der Waals surface area contributed by atoms with Crippen molar-refractivity contribution in [1.29, 1.82) is 0 Å². The van der Waals surface area contributed by atoms with Gasteiger partial charge in [-0.3, -0.25) is 0 Å². The third-order valence-electron chi connectivity index (χ3n) is 5.24. The maximum Gasteiger partial charge on any atom is -0.0334 e. The van der Waals surface area contributed by atoms with Crippen molar-refractivity contribution in [2.45, 2.75) is 86.5 Å². The Labute approximate surface area is 116 Å². The summed E-state index contributed by atoms with van der Waals surface area (Å²) in [6, 6.07) is 0. The first-order chi connectivity index (χ1) is 8.36. The molecule has 0 spiro atoms. The van der Waals surface area contributed by atoms with E-state index in [0.717, 1.165) is 23.7 Å². The molecule has 1 aliphatic rings. The largest absolute Gasteiger partial charge is 0.0654 e. The zero-order valence-corrected chi connectivity index (χ0v) is 13.8. The predicted octanol–water partition coefficient (Wildman–Crippen LogP) is 6.30. The fourth-order valence-electron chi connectivity index (χ4n) is 4.22. The van der Waals surface area contributed by atoms with Crippen LogP contribution in [0.25, 0.3) is 0 Å². The zero-order valence-electron chi connectivity index (χ0n) is 13.8. The number of hydrogen-bond donors (Lipinski definition) is 0. The lowest BCUT2D eigenvalue weighted by Crippen LogP contribution is -2.28. The van der Waals surface area contributed by atoms with E-state index in [4.69, 9.17) is 0 Å². The SMILES string of the molecule is CCCCC(C)CC(C)C1CCCC1C(C)(C)C.